The normalized spacial score (nSPS) is 43.7. The van der Waals surface area contributed by atoms with Crippen LogP contribution in [0.3, 0.4) is 0 Å². The molecule has 0 N–H and O–H groups in total. The molecule has 0 amide bonds. The van der Waals surface area contributed by atoms with Gasteiger partial charge < -0.3 is 9.64 Å². The van der Waals surface area contributed by atoms with E-state index in [2.05, 4.69) is 11.9 Å². The molecule has 2 saturated heterocycles. The highest BCUT2D eigenvalue weighted by molar-refractivity contribution is 4.85. The van der Waals surface area contributed by atoms with E-state index in [0.29, 0.717) is 6.10 Å². The number of nitrogens with zero attached hydrogens (tertiary/aromatic N) is 1. The fraction of sp³-hybridized carbons (Fsp3) is 1.00. The number of hydrogen-bond donors (Lipinski definition) is 0. The van der Waals surface area contributed by atoms with Crippen LogP contribution in [0.4, 0.5) is 0 Å². The van der Waals surface area contributed by atoms with Crippen LogP contribution < -0.4 is 0 Å². The third kappa shape index (κ3) is 0.864. The third-order valence-electron chi connectivity index (χ3n) is 2.39. The maximum absolute atomic E-state index is 5.36. The number of hydrogen-bond acceptors (Lipinski definition) is 2. The van der Waals surface area contributed by atoms with Gasteiger partial charge >= 0.3 is 0 Å². The van der Waals surface area contributed by atoms with E-state index in [1.807, 2.05) is 0 Å². The van der Waals surface area contributed by atoms with Crippen molar-refractivity contribution in [3.05, 3.63) is 0 Å². The highest BCUT2D eigenvalue weighted by Gasteiger charge is 2.35. The van der Waals surface area contributed by atoms with E-state index < -0.39 is 0 Å². The molecule has 2 heteroatoms. The SMILES string of the molecule is CN1CCC2OCC2C1. The van der Waals surface area contributed by atoms with Crippen molar-refractivity contribution in [2.75, 3.05) is 26.7 Å². The summed E-state index contributed by atoms with van der Waals surface area (Å²) in [5.41, 5.74) is 0. The lowest BCUT2D eigenvalue weighted by Crippen LogP contribution is -2.51. The third-order valence-corrected chi connectivity index (χ3v) is 2.39. The first-order valence-corrected chi connectivity index (χ1v) is 3.66. The number of ether oxygens (including phenoxy) is 1. The van der Waals surface area contributed by atoms with Gasteiger partial charge in [-0.3, -0.25) is 0 Å². The number of likely N-dealkylation sites (tertiary alicyclic amines) is 1. The summed E-state index contributed by atoms with van der Waals surface area (Å²) in [6.45, 7) is 3.49. The smallest absolute Gasteiger partial charge is 0.0649 e. The largest absolute Gasteiger partial charge is 0.377 e. The minimum absolute atomic E-state index is 0.626. The number of piperidine rings is 1. The van der Waals surface area contributed by atoms with Crippen LogP contribution in [-0.4, -0.2) is 37.7 Å². The Morgan fingerprint density at radius 2 is 2.44 bits per heavy atom. The van der Waals surface area contributed by atoms with Crippen LogP contribution in [0, 0.1) is 5.92 Å². The summed E-state index contributed by atoms with van der Waals surface area (Å²) in [6, 6.07) is 0. The van der Waals surface area contributed by atoms with Gasteiger partial charge in [0.25, 0.3) is 0 Å². The summed E-state index contributed by atoms with van der Waals surface area (Å²) >= 11 is 0. The van der Waals surface area contributed by atoms with Crippen LogP contribution in [0.5, 0.6) is 0 Å². The predicted molar refractivity (Wildman–Crippen MR) is 35.3 cm³/mol. The van der Waals surface area contributed by atoms with Gasteiger partial charge in [0.05, 0.1) is 12.7 Å². The molecular weight excluding hydrogens is 114 g/mol. The quantitative estimate of drug-likeness (QED) is 0.465. The Balaban J connectivity index is 1.92. The first-order valence-electron chi connectivity index (χ1n) is 3.66. The van der Waals surface area contributed by atoms with Gasteiger partial charge in [0.1, 0.15) is 0 Å². The fourth-order valence-corrected chi connectivity index (χ4v) is 1.70. The van der Waals surface area contributed by atoms with Crippen molar-refractivity contribution in [1.82, 2.24) is 4.90 Å². The molecule has 52 valence electrons. The molecule has 2 fully saturated rings. The molecule has 2 aliphatic heterocycles. The lowest BCUT2D eigenvalue weighted by molar-refractivity contribution is -0.145. The molecule has 2 heterocycles. The fourth-order valence-electron chi connectivity index (χ4n) is 1.70. The van der Waals surface area contributed by atoms with Crippen molar-refractivity contribution in [3.63, 3.8) is 0 Å². The summed E-state index contributed by atoms with van der Waals surface area (Å²) in [4.78, 5) is 2.39. The van der Waals surface area contributed by atoms with Crippen LogP contribution in [-0.2, 0) is 4.74 Å². The summed E-state index contributed by atoms with van der Waals surface area (Å²) in [7, 11) is 2.19. The standard InChI is InChI=1S/C7H13NO/c1-8-3-2-7-6(4-8)5-9-7/h6-7H,2-5H2,1H3. The Labute approximate surface area is 55.8 Å². The van der Waals surface area contributed by atoms with Crippen molar-refractivity contribution in [3.8, 4) is 0 Å². The molecule has 9 heavy (non-hydrogen) atoms. The monoisotopic (exact) mass is 127 g/mol. The molecule has 2 atom stereocenters. The Morgan fingerprint density at radius 3 is 2.89 bits per heavy atom. The minimum Gasteiger partial charge on any atom is -0.377 e. The zero-order chi connectivity index (χ0) is 6.27. The number of rotatable bonds is 0. The van der Waals surface area contributed by atoms with E-state index in [1.165, 1.54) is 19.5 Å². The Bertz CT molecular complexity index is 115. The molecule has 2 rings (SSSR count). The van der Waals surface area contributed by atoms with Crippen LogP contribution in [0.25, 0.3) is 0 Å². The maximum Gasteiger partial charge on any atom is 0.0649 e. The van der Waals surface area contributed by atoms with E-state index >= 15 is 0 Å². The van der Waals surface area contributed by atoms with Gasteiger partial charge in [-0.2, -0.15) is 0 Å². The molecule has 2 nitrogen and oxygen atoms in total. The Morgan fingerprint density at radius 1 is 1.56 bits per heavy atom. The second-order valence-corrected chi connectivity index (χ2v) is 3.18. The molecule has 0 aromatic carbocycles. The summed E-state index contributed by atoms with van der Waals surface area (Å²) in [5.74, 6) is 0.865. The Kier molecular flexibility index (Phi) is 1.24. The van der Waals surface area contributed by atoms with Crippen LogP contribution in [0.15, 0.2) is 0 Å². The molecule has 0 aromatic rings. The molecule has 0 spiro atoms. The zero-order valence-electron chi connectivity index (χ0n) is 5.84. The maximum atomic E-state index is 5.36. The van der Waals surface area contributed by atoms with Crippen molar-refractivity contribution in [2.45, 2.75) is 12.5 Å². The molecule has 0 saturated carbocycles. The van der Waals surface area contributed by atoms with Gasteiger partial charge in [-0.15, -0.1) is 0 Å². The van der Waals surface area contributed by atoms with E-state index in [-0.39, 0.29) is 0 Å². The van der Waals surface area contributed by atoms with Crippen molar-refractivity contribution in [1.29, 1.82) is 0 Å². The van der Waals surface area contributed by atoms with Crippen LogP contribution in [0.1, 0.15) is 6.42 Å². The van der Waals surface area contributed by atoms with Crippen molar-refractivity contribution in [2.24, 2.45) is 5.92 Å². The van der Waals surface area contributed by atoms with Gasteiger partial charge in [-0.1, -0.05) is 0 Å². The second kappa shape index (κ2) is 1.96. The first-order chi connectivity index (χ1) is 4.36. The lowest BCUT2D eigenvalue weighted by atomic mass is 9.91. The molecule has 2 unspecified atom stereocenters. The summed E-state index contributed by atoms with van der Waals surface area (Å²) < 4.78 is 5.36. The minimum atomic E-state index is 0.626. The van der Waals surface area contributed by atoms with E-state index in [0.717, 1.165) is 12.5 Å². The zero-order valence-corrected chi connectivity index (χ0v) is 5.84. The van der Waals surface area contributed by atoms with Gasteiger partial charge in [0.15, 0.2) is 0 Å². The molecular formula is C7H13NO. The number of fused-ring (bicyclic) bond motifs is 1. The van der Waals surface area contributed by atoms with E-state index in [9.17, 15) is 0 Å². The molecule has 0 bridgehead atoms. The van der Waals surface area contributed by atoms with Gasteiger partial charge in [-0.05, 0) is 13.5 Å². The van der Waals surface area contributed by atoms with Gasteiger partial charge in [0.2, 0.25) is 0 Å². The molecule has 0 radical (unpaired) electrons. The Hall–Kier alpha value is -0.0800. The second-order valence-electron chi connectivity index (χ2n) is 3.18. The van der Waals surface area contributed by atoms with Crippen molar-refractivity contribution >= 4 is 0 Å². The molecule has 0 aliphatic carbocycles. The lowest BCUT2D eigenvalue weighted by Gasteiger charge is -2.43. The van der Waals surface area contributed by atoms with Crippen LogP contribution >= 0.6 is 0 Å². The average Bonchev–Trinajstić information content (AvgIpc) is 1.78. The van der Waals surface area contributed by atoms with E-state index in [1.54, 1.807) is 0 Å². The van der Waals surface area contributed by atoms with Gasteiger partial charge in [-0.25, -0.2) is 0 Å². The molecule has 2 aliphatic rings. The topological polar surface area (TPSA) is 12.5 Å². The average molecular weight is 127 g/mol. The van der Waals surface area contributed by atoms with Crippen molar-refractivity contribution < 1.29 is 4.74 Å². The summed E-state index contributed by atoms with van der Waals surface area (Å²) in [6.07, 6.45) is 1.88. The first kappa shape index (κ1) is 5.69. The highest BCUT2D eigenvalue weighted by Crippen LogP contribution is 2.27. The van der Waals surface area contributed by atoms with Crippen LogP contribution in [0.2, 0.25) is 0 Å². The summed E-state index contributed by atoms with van der Waals surface area (Å²) in [5, 5.41) is 0. The van der Waals surface area contributed by atoms with E-state index in [4.69, 9.17) is 4.74 Å². The molecule has 0 aromatic heterocycles. The predicted octanol–water partition coefficient (Wildman–Crippen LogP) is 0.337. The highest BCUT2D eigenvalue weighted by atomic mass is 16.5. The van der Waals surface area contributed by atoms with Gasteiger partial charge in [0, 0.05) is 19.0 Å².